The number of hydrogen-bond acceptors (Lipinski definition) is 5. The van der Waals surface area contributed by atoms with Crippen LogP contribution in [-0.2, 0) is 20.4 Å². The number of halogens is 1. The van der Waals surface area contributed by atoms with Crippen molar-refractivity contribution in [1.82, 2.24) is 4.90 Å². The maximum atomic E-state index is 12.5. The molecule has 0 aromatic heterocycles. The minimum absolute atomic E-state index is 0.0960. The number of methoxy groups -OCH3 is 1. The second-order valence-corrected chi connectivity index (χ2v) is 8.90. The van der Waals surface area contributed by atoms with Crippen molar-refractivity contribution in [2.45, 2.75) is 5.75 Å². The Balaban J connectivity index is 2.02. The first-order chi connectivity index (χ1) is 13.1. The van der Waals surface area contributed by atoms with Gasteiger partial charge in [0.15, 0.2) is 9.84 Å². The summed E-state index contributed by atoms with van der Waals surface area (Å²) in [6.07, 6.45) is 1.15. The molecule has 0 aliphatic carbocycles. The Morgan fingerprint density at radius 1 is 1.14 bits per heavy atom. The predicted molar refractivity (Wildman–Crippen MR) is 109 cm³/mol. The third kappa shape index (κ3) is 6.24. The van der Waals surface area contributed by atoms with Crippen LogP contribution in [0.1, 0.15) is 15.9 Å². The van der Waals surface area contributed by atoms with Gasteiger partial charge in [-0.25, -0.2) is 8.42 Å². The number of rotatable bonds is 7. The molecule has 0 atom stereocenters. The Hall–Kier alpha value is -2.58. The van der Waals surface area contributed by atoms with Crippen LogP contribution in [0.25, 0.3) is 0 Å². The van der Waals surface area contributed by atoms with Gasteiger partial charge in [0, 0.05) is 23.9 Å². The number of ether oxygens (including phenoxy) is 1. The Morgan fingerprint density at radius 3 is 2.36 bits per heavy atom. The molecule has 150 valence electrons. The second kappa shape index (κ2) is 9.07. The minimum atomic E-state index is -3.15. The second-order valence-electron chi connectivity index (χ2n) is 6.32. The van der Waals surface area contributed by atoms with E-state index in [0.29, 0.717) is 27.6 Å². The molecule has 0 heterocycles. The van der Waals surface area contributed by atoms with E-state index in [0.717, 1.165) is 6.26 Å². The highest BCUT2D eigenvalue weighted by Gasteiger charge is 2.16. The van der Waals surface area contributed by atoms with Gasteiger partial charge in [0.2, 0.25) is 5.91 Å². The van der Waals surface area contributed by atoms with E-state index < -0.39 is 15.7 Å². The fourth-order valence-electron chi connectivity index (χ4n) is 2.52. The first-order valence-electron chi connectivity index (χ1n) is 8.24. The van der Waals surface area contributed by atoms with Crippen molar-refractivity contribution >= 4 is 38.9 Å². The zero-order chi connectivity index (χ0) is 20.9. The highest BCUT2D eigenvalue weighted by molar-refractivity contribution is 7.89. The van der Waals surface area contributed by atoms with E-state index >= 15 is 0 Å². The number of carbonyl (C=O) groups excluding carboxylic acids is 2. The summed E-state index contributed by atoms with van der Waals surface area (Å²) >= 11 is 5.94. The van der Waals surface area contributed by atoms with Crippen LogP contribution in [0.2, 0.25) is 5.02 Å². The molecule has 0 fully saturated rings. The number of amides is 2. The number of anilines is 1. The van der Waals surface area contributed by atoms with Crippen LogP contribution in [0.15, 0.2) is 42.5 Å². The van der Waals surface area contributed by atoms with Crippen molar-refractivity contribution in [1.29, 1.82) is 0 Å². The molecule has 2 aromatic rings. The van der Waals surface area contributed by atoms with Crippen LogP contribution in [0.5, 0.6) is 5.75 Å². The third-order valence-corrected chi connectivity index (χ3v) is 4.89. The number of sulfone groups is 1. The Bertz CT molecular complexity index is 974. The highest BCUT2D eigenvalue weighted by atomic mass is 35.5. The molecule has 1 N–H and O–H groups in total. The average Bonchev–Trinajstić information content (AvgIpc) is 2.60. The molecule has 0 radical (unpaired) electrons. The molecule has 0 saturated heterocycles. The molecule has 2 aromatic carbocycles. The van der Waals surface area contributed by atoms with Crippen molar-refractivity contribution in [3.8, 4) is 5.75 Å². The van der Waals surface area contributed by atoms with E-state index in [4.69, 9.17) is 16.3 Å². The van der Waals surface area contributed by atoms with Crippen molar-refractivity contribution in [3.63, 3.8) is 0 Å². The van der Waals surface area contributed by atoms with Gasteiger partial charge in [0.1, 0.15) is 5.75 Å². The normalized spacial score (nSPS) is 11.0. The zero-order valence-electron chi connectivity index (χ0n) is 15.7. The number of hydrogen-bond donors (Lipinski definition) is 1. The molecule has 0 spiro atoms. The van der Waals surface area contributed by atoms with Gasteiger partial charge in [-0.2, -0.15) is 0 Å². The number of nitrogens with one attached hydrogen (secondary N) is 1. The van der Waals surface area contributed by atoms with Crippen LogP contribution in [0, 0.1) is 0 Å². The largest absolute Gasteiger partial charge is 0.495 e. The molecular formula is C19H21ClN2O5S. The fraction of sp³-hybridized carbons (Fsp3) is 0.263. The summed E-state index contributed by atoms with van der Waals surface area (Å²) in [5, 5.41) is 3.10. The van der Waals surface area contributed by atoms with Gasteiger partial charge in [-0.15, -0.1) is 0 Å². The number of nitrogens with zero attached hydrogens (tertiary/aromatic N) is 1. The molecule has 0 bridgehead atoms. The van der Waals surface area contributed by atoms with E-state index in [1.807, 2.05) is 0 Å². The van der Waals surface area contributed by atoms with E-state index in [-0.39, 0.29) is 18.2 Å². The van der Waals surface area contributed by atoms with E-state index in [1.165, 1.54) is 31.2 Å². The highest BCUT2D eigenvalue weighted by Crippen LogP contribution is 2.27. The molecule has 28 heavy (non-hydrogen) atoms. The number of benzene rings is 2. The van der Waals surface area contributed by atoms with Crippen molar-refractivity contribution in [3.05, 3.63) is 58.6 Å². The lowest BCUT2D eigenvalue weighted by Gasteiger charge is -2.18. The summed E-state index contributed by atoms with van der Waals surface area (Å²) in [5.74, 6) is -0.418. The van der Waals surface area contributed by atoms with E-state index in [9.17, 15) is 18.0 Å². The molecule has 0 aliphatic heterocycles. The predicted octanol–water partition coefficient (Wildman–Crippen LogP) is 2.60. The summed E-state index contributed by atoms with van der Waals surface area (Å²) in [6, 6.07) is 11.1. The van der Waals surface area contributed by atoms with Crippen LogP contribution >= 0.6 is 11.6 Å². The lowest BCUT2D eigenvalue weighted by molar-refractivity contribution is -0.116. The molecular weight excluding hydrogens is 404 g/mol. The van der Waals surface area contributed by atoms with Gasteiger partial charge in [-0.3, -0.25) is 9.59 Å². The van der Waals surface area contributed by atoms with Gasteiger partial charge in [-0.05, 0) is 35.9 Å². The first kappa shape index (κ1) is 21.7. The van der Waals surface area contributed by atoms with Gasteiger partial charge < -0.3 is 15.0 Å². The molecule has 0 aliphatic rings. The number of carbonyl (C=O) groups is 2. The van der Waals surface area contributed by atoms with Gasteiger partial charge in [-0.1, -0.05) is 23.7 Å². The quantitative estimate of drug-likeness (QED) is 0.737. The van der Waals surface area contributed by atoms with Crippen LogP contribution in [0.4, 0.5) is 5.69 Å². The lowest BCUT2D eigenvalue weighted by atomic mass is 10.1. The van der Waals surface area contributed by atoms with E-state index in [1.54, 1.807) is 30.3 Å². The maximum absolute atomic E-state index is 12.5. The SMILES string of the molecule is COc1ccc(Cl)cc1NC(=O)CN(C)C(=O)c1ccc(CS(C)(=O)=O)cc1. The smallest absolute Gasteiger partial charge is 0.254 e. The molecule has 9 heteroatoms. The monoisotopic (exact) mass is 424 g/mol. The summed E-state index contributed by atoms with van der Waals surface area (Å²) in [7, 11) is -0.173. The fourth-order valence-corrected chi connectivity index (χ4v) is 3.49. The lowest BCUT2D eigenvalue weighted by Crippen LogP contribution is -2.35. The molecule has 2 amide bonds. The number of likely N-dealkylation sites (N-methyl/N-ethyl adjacent to an activating group) is 1. The van der Waals surface area contributed by atoms with Crippen molar-refractivity contribution < 1.29 is 22.7 Å². The van der Waals surface area contributed by atoms with Crippen molar-refractivity contribution in [2.75, 3.05) is 32.3 Å². The van der Waals surface area contributed by atoms with Gasteiger partial charge in [0.25, 0.3) is 5.91 Å². The Morgan fingerprint density at radius 2 is 1.79 bits per heavy atom. The van der Waals surface area contributed by atoms with Crippen LogP contribution in [-0.4, -0.2) is 52.1 Å². The van der Waals surface area contributed by atoms with E-state index in [2.05, 4.69) is 5.32 Å². The Labute approximate surface area is 169 Å². The van der Waals surface area contributed by atoms with Crippen molar-refractivity contribution in [2.24, 2.45) is 0 Å². The minimum Gasteiger partial charge on any atom is -0.495 e. The van der Waals surface area contributed by atoms with Crippen LogP contribution in [0.3, 0.4) is 0 Å². The average molecular weight is 425 g/mol. The summed E-state index contributed by atoms with van der Waals surface area (Å²) in [6.45, 7) is -0.181. The molecule has 7 nitrogen and oxygen atoms in total. The molecule has 2 rings (SSSR count). The maximum Gasteiger partial charge on any atom is 0.254 e. The third-order valence-electron chi connectivity index (χ3n) is 3.79. The zero-order valence-corrected chi connectivity index (χ0v) is 17.3. The summed E-state index contributed by atoms with van der Waals surface area (Å²) < 4.78 is 27.8. The van der Waals surface area contributed by atoms with Gasteiger partial charge in [0.05, 0.1) is 25.1 Å². The van der Waals surface area contributed by atoms with Crippen LogP contribution < -0.4 is 10.1 Å². The summed E-state index contributed by atoms with van der Waals surface area (Å²) in [4.78, 5) is 26.0. The molecule has 0 unspecified atom stereocenters. The Kier molecular flexibility index (Phi) is 7.04. The topological polar surface area (TPSA) is 92.8 Å². The first-order valence-corrected chi connectivity index (χ1v) is 10.7. The molecule has 0 saturated carbocycles. The van der Waals surface area contributed by atoms with Gasteiger partial charge >= 0.3 is 0 Å². The summed E-state index contributed by atoms with van der Waals surface area (Å²) in [5.41, 5.74) is 1.35. The standard InChI is InChI=1S/C19H21ClN2O5S/c1-22(11-18(23)21-16-10-15(20)8-9-17(16)27-2)19(24)14-6-4-13(5-7-14)12-28(3,25)26/h4-10H,11-12H2,1-3H3,(H,21,23).